The van der Waals surface area contributed by atoms with Gasteiger partial charge < -0.3 is 14.8 Å². The Morgan fingerprint density at radius 3 is 2.55 bits per heavy atom. The SMILES string of the molecule is COc1ccc(C(=O)Nc2cc(Cl)ccn2)cc1OC. The zero-order chi connectivity index (χ0) is 14.5. The molecule has 2 aromatic rings. The van der Waals surface area contributed by atoms with Crippen molar-refractivity contribution in [2.75, 3.05) is 19.5 Å². The summed E-state index contributed by atoms with van der Waals surface area (Å²) in [5, 5.41) is 3.16. The van der Waals surface area contributed by atoms with E-state index in [0.717, 1.165) is 0 Å². The molecular weight excluding hydrogens is 280 g/mol. The Kier molecular flexibility index (Phi) is 4.42. The fourth-order valence-corrected chi connectivity index (χ4v) is 1.80. The molecule has 0 spiro atoms. The molecule has 1 amide bonds. The molecule has 0 fully saturated rings. The molecule has 0 saturated carbocycles. The average molecular weight is 293 g/mol. The van der Waals surface area contributed by atoms with Crippen molar-refractivity contribution in [3.8, 4) is 11.5 Å². The van der Waals surface area contributed by atoms with Crippen molar-refractivity contribution in [3.63, 3.8) is 0 Å². The molecule has 1 heterocycles. The van der Waals surface area contributed by atoms with Crippen molar-refractivity contribution in [2.45, 2.75) is 0 Å². The summed E-state index contributed by atoms with van der Waals surface area (Å²) in [4.78, 5) is 16.1. The summed E-state index contributed by atoms with van der Waals surface area (Å²) >= 11 is 5.83. The van der Waals surface area contributed by atoms with Crippen LogP contribution in [0.3, 0.4) is 0 Å². The third kappa shape index (κ3) is 3.19. The molecule has 1 N–H and O–H groups in total. The normalized spacial score (nSPS) is 9.95. The number of anilines is 1. The first kappa shape index (κ1) is 14.1. The molecule has 0 radical (unpaired) electrons. The number of aromatic nitrogens is 1. The van der Waals surface area contributed by atoms with Crippen LogP contribution in [0.15, 0.2) is 36.5 Å². The first-order valence-corrected chi connectivity index (χ1v) is 6.17. The Morgan fingerprint density at radius 1 is 1.15 bits per heavy atom. The number of methoxy groups -OCH3 is 2. The van der Waals surface area contributed by atoms with Crippen LogP contribution in [-0.2, 0) is 0 Å². The van der Waals surface area contributed by atoms with E-state index >= 15 is 0 Å². The minimum Gasteiger partial charge on any atom is -0.493 e. The van der Waals surface area contributed by atoms with Crippen LogP contribution >= 0.6 is 11.6 Å². The summed E-state index contributed by atoms with van der Waals surface area (Å²) in [6.45, 7) is 0. The van der Waals surface area contributed by atoms with Gasteiger partial charge in [-0.15, -0.1) is 0 Å². The van der Waals surface area contributed by atoms with E-state index < -0.39 is 0 Å². The predicted octanol–water partition coefficient (Wildman–Crippen LogP) is 3.00. The summed E-state index contributed by atoms with van der Waals surface area (Å²) in [5.74, 6) is 1.13. The highest BCUT2D eigenvalue weighted by Gasteiger charge is 2.11. The Morgan fingerprint density at radius 2 is 1.90 bits per heavy atom. The van der Waals surface area contributed by atoms with Crippen LogP contribution in [0.1, 0.15) is 10.4 Å². The Hall–Kier alpha value is -2.27. The van der Waals surface area contributed by atoms with E-state index in [1.807, 2.05) is 0 Å². The molecule has 6 heteroatoms. The van der Waals surface area contributed by atoms with Gasteiger partial charge in [-0.25, -0.2) is 4.98 Å². The van der Waals surface area contributed by atoms with Gasteiger partial charge in [-0.05, 0) is 30.3 Å². The number of pyridine rings is 1. The first-order chi connectivity index (χ1) is 9.63. The van der Waals surface area contributed by atoms with E-state index in [2.05, 4.69) is 10.3 Å². The lowest BCUT2D eigenvalue weighted by atomic mass is 10.2. The third-order valence-electron chi connectivity index (χ3n) is 2.61. The molecule has 5 nitrogen and oxygen atoms in total. The number of carbonyl (C=O) groups is 1. The number of amides is 1. The van der Waals surface area contributed by atoms with Gasteiger partial charge in [-0.1, -0.05) is 11.6 Å². The maximum absolute atomic E-state index is 12.1. The number of hydrogen-bond donors (Lipinski definition) is 1. The fourth-order valence-electron chi connectivity index (χ4n) is 1.64. The molecule has 104 valence electrons. The van der Waals surface area contributed by atoms with Crippen LogP contribution in [-0.4, -0.2) is 25.1 Å². The Bertz CT molecular complexity index is 632. The highest BCUT2D eigenvalue weighted by molar-refractivity contribution is 6.30. The van der Waals surface area contributed by atoms with Crippen molar-refractivity contribution in [1.82, 2.24) is 4.98 Å². The largest absolute Gasteiger partial charge is 0.493 e. The van der Waals surface area contributed by atoms with E-state index in [4.69, 9.17) is 21.1 Å². The number of halogens is 1. The zero-order valence-electron chi connectivity index (χ0n) is 11.0. The van der Waals surface area contributed by atoms with Crippen LogP contribution in [0.4, 0.5) is 5.82 Å². The van der Waals surface area contributed by atoms with Gasteiger partial charge in [-0.2, -0.15) is 0 Å². The number of rotatable bonds is 4. The highest BCUT2D eigenvalue weighted by atomic mass is 35.5. The van der Waals surface area contributed by atoms with Crippen molar-refractivity contribution in [3.05, 3.63) is 47.1 Å². The zero-order valence-corrected chi connectivity index (χ0v) is 11.8. The number of nitrogens with one attached hydrogen (secondary N) is 1. The minimum absolute atomic E-state index is 0.305. The van der Waals surface area contributed by atoms with E-state index in [9.17, 15) is 4.79 Å². The Labute approximate surface area is 121 Å². The van der Waals surface area contributed by atoms with Crippen LogP contribution < -0.4 is 14.8 Å². The number of ether oxygens (including phenoxy) is 2. The minimum atomic E-state index is -0.305. The molecule has 0 atom stereocenters. The molecule has 0 aliphatic carbocycles. The number of hydrogen-bond acceptors (Lipinski definition) is 4. The lowest BCUT2D eigenvalue weighted by Crippen LogP contribution is -2.13. The van der Waals surface area contributed by atoms with Crippen molar-refractivity contribution >= 4 is 23.3 Å². The summed E-state index contributed by atoms with van der Waals surface area (Å²) in [6.07, 6.45) is 1.52. The van der Waals surface area contributed by atoms with Crippen LogP contribution in [0.5, 0.6) is 11.5 Å². The molecule has 20 heavy (non-hydrogen) atoms. The molecule has 0 bridgehead atoms. The number of nitrogens with zero attached hydrogens (tertiary/aromatic N) is 1. The predicted molar refractivity (Wildman–Crippen MR) is 76.7 cm³/mol. The van der Waals surface area contributed by atoms with E-state index in [1.165, 1.54) is 20.4 Å². The Balaban J connectivity index is 2.21. The molecule has 0 unspecified atom stereocenters. The maximum atomic E-state index is 12.1. The summed E-state index contributed by atoms with van der Waals surface area (Å²) < 4.78 is 10.3. The maximum Gasteiger partial charge on any atom is 0.256 e. The molecular formula is C14H13ClN2O3. The summed E-state index contributed by atoms with van der Waals surface area (Å²) in [5.41, 5.74) is 0.435. The van der Waals surface area contributed by atoms with Crippen molar-refractivity contribution in [2.24, 2.45) is 0 Å². The van der Waals surface area contributed by atoms with Gasteiger partial charge in [0.1, 0.15) is 5.82 Å². The number of benzene rings is 1. The molecule has 0 saturated heterocycles. The van der Waals surface area contributed by atoms with Crippen molar-refractivity contribution < 1.29 is 14.3 Å². The average Bonchev–Trinajstić information content (AvgIpc) is 2.46. The van der Waals surface area contributed by atoms with Gasteiger partial charge in [0.25, 0.3) is 5.91 Å². The number of carbonyl (C=O) groups excluding carboxylic acids is 1. The molecule has 2 rings (SSSR count). The fraction of sp³-hybridized carbons (Fsp3) is 0.143. The molecule has 0 aliphatic rings. The lowest BCUT2D eigenvalue weighted by Gasteiger charge is -2.09. The van der Waals surface area contributed by atoms with E-state index in [0.29, 0.717) is 27.9 Å². The van der Waals surface area contributed by atoms with Gasteiger partial charge in [-0.3, -0.25) is 4.79 Å². The van der Waals surface area contributed by atoms with Crippen LogP contribution in [0, 0.1) is 0 Å². The first-order valence-electron chi connectivity index (χ1n) is 5.79. The second kappa shape index (κ2) is 6.25. The standard InChI is InChI=1S/C14H13ClN2O3/c1-19-11-4-3-9(7-12(11)20-2)14(18)17-13-8-10(15)5-6-16-13/h3-8H,1-2H3,(H,16,17,18). The van der Waals surface area contributed by atoms with Crippen molar-refractivity contribution in [1.29, 1.82) is 0 Å². The van der Waals surface area contributed by atoms with E-state index in [-0.39, 0.29) is 5.91 Å². The lowest BCUT2D eigenvalue weighted by molar-refractivity contribution is 0.102. The van der Waals surface area contributed by atoms with Gasteiger partial charge in [0, 0.05) is 16.8 Å². The monoisotopic (exact) mass is 292 g/mol. The topological polar surface area (TPSA) is 60.5 Å². The second-order valence-electron chi connectivity index (χ2n) is 3.88. The quantitative estimate of drug-likeness (QED) is 0.941. The second-order valence-corrected chi connectivity index (χ2v) is 4.32. The summed E-state index contributed by atoms with van der Waals surface area (Å²) in [6, 6.07) is 8.10. The third-order valence-corrected chi connectivity index (χ3v) is 2.84. The molecule has 1 aromatic carbocycles. The van der Waals surface area contributed by atoms with Gasteiger partial charge in [0.2, 0.25) is 0 Å². The smallest absolute Gasteiger partial charge is 0.256 e. The molecule has 1 aromatic heterocycles. The van der Waals surface area contributed by atoms with Gasteiger partial charge >= 0.3 is 0 Å². The van der Waals surface area contributed by atoms with E-state index in [1.54, 1.807) is 30.3 Å². The van der Waals surface area contributed by atoms with Crippen LogP contribution in [0.2, 0.25) is 5.02 Å². The van der Waals surface area contributed by atoms with Gasteiger partial charge in [0.05, 0.1) is 14.2 Å². The molecule has 0 aliphatic heterocycles. The summed E-state index contributed by atoms with van der Waals surface area (Å²) in [7, 11) is 3.05. The highest BCUT2D eigenvalue weighted by Crippen LogP contribution is 2.27. The van der Waals surface area contributed by atoms with Crippen LogP contribution in [0.25, 0.3) is 0 Å². The van der Waals surface area contributed by atoms with Gasteiger partial charge in [0.15, 0.2) is 11.5 Å².